The molecule has 0 saturated carbocycles. The number of carbonyl (C=O) groups excluding carboxylic acids is 2. The van der Waals surface area contributed by atoms with Gasteiger partial charge < -0.3 is 45.8 Å². The fraction of sp³-hybridized carbons (Fsp3) is 0.696. The normalized spacial score (nSPS) is 21.6. The lowest BCUT2D eigenvalue weighted by atomic mass is 9.87. The van der Waals surface area contributed by atoms with Gasteiger partial charge in [0.25, 0.3) is 0 Å². The number of rotatable bonds is 20. The maximum atomic E-state index is 12.6. The molecule has 0 bridgehead atoms. The topological polar surface area (TPSA) is 326 Å². The van der Waals surface area contributed by atoms with Crippen LogP contribution in [0, 0.1) is 5.41 Å². The van der Waals surface area contributed by atoms with Crippen LogP contribution in [0.25, 0.3) is 11.2 Å². The molecule has 2 aromatic rings. The van der Waals surface area contributed by atoms with Crippen LogP contribution in [0.15, 0.2) is 12.7 Å². The Balaban J connectivity index is 1.53. The monoisotopic (exact) mass is 779 g/mol. The van der Waals surface area contributed by atoms with Gasteiger partial charge in [-0.25, -0.2) is 28.6 Å². The molecule has 1 aliphatic heterocycles. The van der Waals surface area contributed by atoms with E-state index in [1.54, 1.807) is 11.8 Å². The summed E-state index contributed by atoms with van der Waals surface area (Å²) >= 11 is 1.65. The molecule has 9 N–H and O–H groups in total. The van der Waals surface area contributed by atoms with Crippen molar-refractivity contribution in [1.82, 2.24) is 30.2 Å². The van der Waals surface area contributed by atoms with Crippen molar-refractivity contribution in [3.8, 4) is 0 Å². The third-order valence-electron chi connectivity index (χ3n) is 6.77. The summed E-state index contributed by atoms with van der Waals surface area (Å²) in [4.78, 5) is 75.2. The first-order chi connectivity index (χ1) is 22.7. The van der Waals surface area contributed by atoms with Crippen LogP contribution >= 0.6 is 35.2 Å². The zero-order valence-electron chi connectivity index (χ0n) is 26.6. The number of aliphatic hydroxyl groups excluding tert-OH is 1. The lowest BCUT2D eigenvalue weighted by molar-refractivity contribution is -0.137. The number of phosphoric acid groups is 3. The minimum absolute atomic E-state index is 0.0496. The van der Waals surface area contributed by atoms with Gasteiger partial charge in [-0.15, -0.1) is 0 Å². The number of anilines is 1. The first kappa shape index (κ1) is 41.4. The van der Waals surface area contributed by atoms with E-state index >= 15 is 0 Å². The summed E-state index contributed by atoms with van der Waals surface area (Å²) in [5.74, 6) is 0.479. The van der Waals surface area contributed by atoms with Gasteiger partial charge in [-0.3, -0.25) is 27.7 Å². The minimum Gasteiger partial charge on any atom is -0.383 e. The molecule has 3 rings (SSSR count). The third-order valence-corrected chi connectivity index (χ3v) is 10.8. The summed E-state index contributed by atoms with van der Waals surface area (Å²) in [6.07, 6.45) is -3.56. The van der Waals surface area contributed by atoms with E-state index in [9.17, 15) is 48.0 Å². The highest BCUT2D eigenvalue weighted by Crippen LogP contribution is 2.61. The van der Waals surface area contributed by atoms with Crippen LogP contribution in [0.5, 0.6) is 0 Å². The van der Waals surface area contributed by atoms with E-state index in [2.05, 4.69) is 29.9 Å². The van der Waals surface area contributed by atoms with Crippen molar-refractivity contribution in [2.45, 2.75) is 58.2 Å². The Morgan fingerprint density at radius 1 is 1.12 bits per heavy atom. The van der Waals surface area contributed by atoms with E-state index in [-0.39, 0.29) is 42.3 Å². The molecule has 0 aliphatic carbocycles. The largest absolute Gasteiger partial charge is 0.481 e. The maximum Gasteiger partial charge on any atom is 0.481 e. The standard InChI is InChI=1S/C23H40N7O15P3S/c1-4-49-8-7-25-16(31)5-6-26-22(33)19(32)23(2,3)11-42-48(39,40)45-47(37,38)41-10-15-14(44-46(34,35)36)9-17(43-15)30-13-29-18-20(24)27-12-28-21(18)30/h12-15,17,19,32H,4-11H2,1-3H3,(H,25,31)(H,26,33)(H,37,38)(H,39,40)(H2,24,27,28)(H2,34,35,36)/t14-,15-,17-,19?/m1/s1. The zero-order chi connectivity index (χ0) is 36.6. The molecule has 278 valence electrons. The molecular formula is C23H40N7O15P3S. The number of hydrogen-bond donors (Lipinski definition) is 8. The van der Waals surface area contributed by atoms with Crippen LogP contribution in [0.1, 0.15) is 39.8 Å². The van der Waals surface area contributed by atoms with Gasteiger partial charge in [-0.1, -0.05) is 20.8 Å². The van der Waals surface area contributed by atoms with E-state index < -0.39 is 72.5 Å². The summed E-state index contributed by atoms with van der Waals surface area (Å²) in [7, 11) is -15.9. The van der Waals surface area contributed by atoms with Gasteiger partial charge in [-0.05, 0) is 5.75 Å². The molecule has 2 amide bonds. The Labute approximate surface area is 284 Å². The molecule has 3 heterocycles. The smallest absolute Gasteiger partial charge is 0.383 e. The Kier molecular flexibility index (Phi) is 14.7. The highest BCUT2D eigenvalue weighted by atomic mass is 32.2. The van der Waals surface area contributed by atoms with Crippen molar-refractivity contribution in [1.29, 1.82) is 0 Å². The number of aliphatic hydroxyl groups is 1. The van der Waals surface area contributed by atoms with Crippen LogP contribution in [-0.2, 0) is 45.9 Å². The van der Waals surface area contributed by atoms with Gasteiger partial charge in [-0.2, -0.15) is 16.1 Å². The number of amides is 2. The van der Waals surface area contributed by atoms with Gasteiger partial charge in [0, 0.05) is 37.1 Å². The number of nitrogens with one attached hydrogen (secondary N) is 2. The highest BCUT2D eigenvalue weighted by molar-refractivity contribution is 7.99. The SMILES string of the molecule is CCSCCNC(=O)CCNC(=O)C(O)C(C)(C)COP(=O)(O)OP(=O)(O)OC[C@H]1O[C@@H](n2cnc3c(N)ncnc32)C[C@H]1OP(=O)(O)O. The highest BCUT2D eigenvalue weighted by Gasteiger charge is 2.45. The molecule has 1 saturated heterocycles. The molecule has 0 aromatic carbocycles. The van der Waals surface area contributed by atoms with E-state index in [0.29, 0.717) is 6.54 Å². The van der Waals surface area contributed by atoms with Crippen molar-refractivity contribution in [3.05, 3.63) is 12.7 Å². The van der Waals surface area contributed by atoms with Gasteiger partial charge in [0.2, 0.25) is 11.8 Å². The number of thioether (sulfide) groups is 1. The number of fused-ring (bicyclic) bond motifs is 1. The molecular weight excluding hydrogens is 739 g/mol. The number of hydrogen-bond acceptors (Lipinski definition) is 16. The van der Waals surface area contributed by atoms with E-state index in [0.717, 1.165) is 17.8 Å². The molecule has 26 heteroatoms. The number of nitrogens with zero attached hydrogens (tertiary/aromatic N) is 4. The molecule has 49 heavy (non-hydrogen) atoms. The zero-order valence-corrected chi connectivity index (χ0v) is 30.1. The Morgan fingerprint density at radius 2 is 1.82 bits per heavy atom. The summed E-state index contributed by atoms with van der Waals surface area (Å²) in [5, 5.41) is 15.5. The van der Waals surface area contributed by atoms with Gasteiger partial charge in [0.15, 0.2) is 11.5 Å². The number of carbonyl (C=O) groups is 2. The average Bonchev–Trinajstić information content (AvgIpc) is 3.60. The van der Waals surface area contributed by atoms with E-state index in [1.165, 1.54) is 24.7 Å². The molecule has 22 nitrogen and oxygen atoms in total. The Hall–Kier alpha value is -2.07. The number of ether oxygens (including phenoxy) is 1. The van der Waals surface area contributed by atoms with E-state index in [4.69, 9.17) is 24.0 Å². The second-order valence-electron chi connectivity index (χ2n) is 11.1. The van der Waals surface area contributed by atoms with Crippen molar-refractivity contribution in [2.24, 2.45) is 5.41 Å². The average molecular weight is 780 g/mol. The van der Waals surface area contributed by atoms with Crippen molar-refractivity contribution in [2.75, 3.05) is 43.5 Å². The molecule has 0 spiro atoms. The summed E-state index contributed by atoms with van der Waals surface area (Å²) in [6.45, 7) is 3.18. The van der Waals surface area contributed by atoms with E-state index in [1.807, 2.05) is 6.92 Å². The fourth-order valence-corrected chi connectivity index (χ4v) is 7.67. The second kappa shape index (κ2) is 17.4. The molecule has 3 unspecified atom stereocenters. The van der Waals surface area contributed by atoms with Crippen LogP contribution in [0.4, 0.5) is 5.82 Å². The second-order valence-corrected chi connectivity index (χ2v) is 16.8. The Bertz CT molecular complexity index is 1590. The minimum atomic E-state index is -5.44. The number of aromatic nitrogens is 4. The molecule has 1 fully saturated rings. The quantitative estimate of drug-likeness (QED) is 0.0656. The van der Waals surface area contributed by atoms with Crippen LogP contribution < -0.4 is 16.4 Å². The lowest BCUT2D eigenvalue weighted by Crippen LogP contribution is -2.46. The summed E-state index contributed by atoms with van der Waals surface area (Å²) < 4.78 is 62.4. The van der Waals surface area contributed by atoms with Crippen LogP contribution in [-0.4, -0.2) is 112 Å². The fourth-order valence-electron chi connectivity index (χ4n) is 4.31. The molecule has 1 aliphatic rings. The van der Waals surface area contributed by atoms with Crippen molar-refractivity contribution in [3.63, 3.8) is 0 Å². The third kappa shape index (κ3) is 12.9. The number of nitrogens with two attached hydrogens (primary N) is 1. The first-order valence-corrected chi connectivity index (χ1v) is 20.2. The lowest BCUT2D eigenvalue weighted by Gasteiger charge is -2.30. The first-order valence-electron chi connectivity index (χ1n) is 14.5. The van der Waals surface area contributed by atoms with Gasteiger partial charge >= 0.3 is 23.5 Å². The molecule has 6 atom stereocenters. The van der Waals surface area contributed by atoms with Crippen molar-refractivity contribution < 1.29 is 70.6 Å². The molecule has 0 radical (unpaired) electrons. The van der Waals surface area contributed by atoms with Crippen LogP contribution in [0.3, 0.4) is 0 Å². The Morgan fingerprint density at radius 3 is 2.49 bits per heavy atom. The number of phosphoric ester groups is 3. The predicted octanol–water partition coefficient (Wildman–Crippen LogP) is 0.187. The molecule has 2 aromatic heterocycles. The van der Waals surface area contributed by atoms with Crippen LogP contribution in [0.2, 0.25) is 0 Å². The van der Waals surface area contributed by atoms with Gasteiger partial charge in [0.05, 0.1) is 19.5 Å². The summed E-state index contributed by atoms with van der Waals surface area (Å²) in [5.41, 5.74) is 4.65. The number of imidazole rings is 1. The maximum absolute atomic E-state index is 12.6. The summed E-state index contributed by atoms with van der Waals surface area (Å²) in [6, 6.07) is 0. The predicted molar refractivity (Wildman–Crippen MR) is 171 cm³/mol. The van der Waals surface area contributed by atoms with Gasteiger partial charge in [0.1, 0.15) is 36.4 Å². The van der Waals surface area contributed by atoms with Crippen molar-refractivity contribution >= 4 is 64.0 Å². The number of nitrogen functional groups attached to an aromatic ring is 1.